The van der Waals surface area contributed by atoms with E-state index in [0.717, 1.165) is 13.1 Å². The first-order valence-electron chi connectivity index (χ1n) is 11.4. The van der Waals surface area contributed by atoms with Crippen LogP contribution in [0, 0.1) is 0 Å². The summed E-state index contributed by atoms with van der Waals surface area (Å²) in [5.74, 6) is -1.40. The molecule has 2 aliphatic rings. The number of phenols is 1. The Labute approximate surface area is 201 Å². The van der Waals surface area contributed by atoms with Crippen LogP contribution >= 0.6 is 0 Å². The van der Waals surface area contributed by atoms with E-state index in [4.69, 9.17) is 13.9 Å². The maximum Gasteiger partial charge on any atom is 0.290 e. The zero-order valence-electron chi connectivity index (χ0n) is 19.3. The molecule has 2 aliphatic heterocycles. The van der Waals surface area contributed by atoms with Crippen molar-refractivity contribution in [2.75, 3.05) is 46.5 Å². The van der Waals surface area contributed by atoms with Crippen LogP contribution in [0.25, 0.3) is 11.0 Å². The van der Waals surface area contributed by atoms with Gasteiger partial charge in [-0.05, 0) is 29.8 Å². The smallest absolute Gasteiger partial charge is 0.290 e. The van der Waals surface area contributed by atoms with Crippen molar-refractivity contribution in [1.29, 1.82) is 0 Å². The minimum absolute atomic E-state index is 0.00487. The van der Waals surface area contributed by atoms with Gasteiger partial charge in [-0.25, -0.2) is 0 Å². The maximum atomic E-state index is 13.7. The summed E-state index contributed by atoms with van der Waals surface area (Å²) in [7, 11) is 1.51. The first-order chi connectivity index (χ1) is 17.0. The lowest BCUT2D eigenvalue weighted by Gasteiger charge is -2.31. The summed E-state index contributed by atoms with van der Waals surface area (Å²) in [5.41, 5.74) is 0.836. The summed E-state index contributed by atoms with van der Waals surface area (Å²) in [4.78, 5) is 30.5. The third-order valence-corrected chi connectivity index (χ3v) is 6.45. The zero-order chi connectivity index (χ0) is 24.5. The van der Waals surface area contributed by atoms with Crippen molar-refractivity contribution in [1.82, 2.24) is 9.80 Å². The van der Waals surface area contributed by atoms with Crippen LogP contribution in [-0.4, -0.2) is 78.2 Å². The topological polar surface area (TPSA) is 113 Å². The van der Waals surface area contributed by atoms with E-state index in [9.17, 15) is 19.8 Å². The van der Waals surface area contributed by atoms with Gasteiger partial charge in [-0.3, -0.25) is 14.5 Å². The summed E-state index contributed by atoms with van der Waals surface area (Å²) in [6.45, 7) is 3.56. The highest BCUT2D eigenvalue weighted by molar-refractivity contribution is 6.16. The number of carbonyl (C=O) groups excluding carboxylic acids is 2. The van der Waals surface area contributed by atoms with Crippen molar-refractivity contribution in [3.8, 4) is 11.5 Å². The fraction of sp³-hybridized carbons (Fsp3) is 0.308. The number of furan rings is 1. The summed E-state index contributed by atoms with van der Waals surface area (Å²) < 4.78 is 16.5. The first kappa shape index (κ1) is 22.9. The molecule has 1 fully saturated rings. The predicted molar refractivity (Wildman–Crippen MR) is 127 cm³/mol. The van der Waals surface area contributed by atoms with Crippen molar-refractivity contribution < 1.29 is 33.7 Å². The third-order valence-electron chi connectivity index (χ3n) is 6.45. The molecule has 2 N–H and O–H groups in total. The molecule has 1 amide bonds. The number of benzene rings is 2. The van der Waals surface area contributed by atoms with Gasteiger partial charge >= 0.3 is 0 Å². The van der Waals surface area contributed by atoms with Crippen LogP contribution in [0.5, 0.6) is 11.5 Å². The molecule has 5 rings (SSSR count). The van der Waals surface area contributed by atoms with E-state index < -0.39 is 23.5 Å². The second-order valence-electron chi connectivity index (χ2n) is 8.53. The van der Waals surface area contributed by atoms with Gasteiger partial charge in [0.15, 0.2) is 22.9 Å². The van der Waals surface area contributed by atoms with Gasteiger partial charge in [-0.2, -0.15) is 0 Å². The number of nitrogens with zero attached hydrogens (tertiary/aromatic N) is 2. The van der Waals surface area contributed by atoms with E-state index >= 15 is 0 Å². The second-order valence-corrected chi connectivity index (χ2v) is 8.53. The molecule has 35 heavy (non-hydrogen) atoms. The number of Topliss-reactive ketones (excluding diaryl/α,β-unsaturated/α-hetero) is 1. The average molecular weight is 479 g/mol. The number of carbonyl (C=O) groups is 2. The van der Waals surface area contributed by atoms with E-state index in [1.807, 2.05) is 0 Å². The molecule has 0 spiro atoms. The highest BCUT2D eigenvalue weighted by Crippen LogP contribution is 2.40. The monoisotopic (exact) mass is 478 g/mol. The largest absolute Gasteiger partial charge is 0.508 e. The molecule has 3 aromatic rings. The highest BCUT2D eigenvalue weighted by atomic mass is 16.5. The Balaban J connectivity index is 1.52. The maximum absolute atomic E-state index is 13.7. The van der Waals surface area contributed by atoms with Crippen molar-refractivity contribution in [2.45, 2.75) is 6.04 Å². The molecule has 1 aromatic heterocycles. The van der Waals surface area contributed by atoms with E-state index in [0.29, 0.717) is 42.0 Å². The van der Waals surface area contributed by atoms with Crippen LogP contribution in [0.4, 0.5) is 0 Å². The van der Waals surface area contributed by atoms with Crippen molar-refractivity contribution in [3.63, 3.8) is 0 Å². The van der Waals surface area contributed by atoms with Gasteiger partial charge in [0, 0.05) is 31.6 Å². The molecular formula is C26H26N2O7. The number of fused-ring (bicyclic) bond motifs is 1. The van der Waals surface area contributed by atoms with Gasteiger partial charge in [0.05, 0.1) is 31.9 Å². The summed E-state index contributed by atoms with van der Waals surface area (Å²) in [5, 5.41) is 21.6. The Morgan fingerprint density at radius 2 is 1.86 bits per heavy atom. The van der Waals surface area contributed by atoms with Gasteiger partial charge in [0.1, 0.15) is 5.75 Å². The fourth-order valence-electron chi connectivity index (χ4n) is 4.67. The van der Waals surface area contributed by atoms with E-state index in [1.54, 1.807) is 36.4 Å². The van der Waals surface area contributed by atoms with Crippen LogP contribution in [0.3, 0.4) is 0 Å². The molecular weight excluding hydrogens is 452 g/mol. The number of aromatic hydroxyl groups is 1. The molecule has 9 nitrogen and oxygen atoms in total. The number of morpholine rings is 1. The standard InChI is InChI=1S/C26H26N2O7/c1-33-19-7-3-5-17-15-20(35-25(17)19)23(30)21-22(16-4-2-6-18(29)14-16)28(26(32)24(21)31)9-8-27-10-12-34-13-11-27/h2-7,14-15,22,29,31H,8-13H2,1H3/t22-/m0/s1. The highest BCUT2D eigenvalue weighted by Gasteiger charge is 2.44. The Kier molecular flexibility index (Phi) is 6.19. The zero-order valence-corrected chi connectivity index (χ0v) is 19.3. The molecule has 3 heterocycles. The Bertz CT molecular complexity index is 1310. The minimum Gasteiger partial charge on any atom is -0.508 e. The van der Waals surface area contributed by atoms with Crippen LogP contribution in [-0.2, 0) is 9.53 Å². The number of aliphatic hydroxyl groups is 1. The van der Waals surface area contributed by atoms with Crippen molar-refractivity contribution in [2.24, 2.45) is 0 Å². The van der Waals surface area contributed by atoms with Gasteiger partial charge in [-0.15, -0.1) is 0 Å². The summed E-state index contributed by atoms with van der Waals surface area (Å²) in [6.07, 6.45) is 0. The number of amides is 1. The number of hydrogen-bond acceptors (Lipinski definition) is 8. The molecule has 0 saturated carbocycles. The molecule has 182 valence electrons. The van der Waals surface area contributed by atoms with Crippen molar-refractivity contribution >= 4 is 22.7 Å². The first-order valence-corrected chi connectivity index (χ1v) is 11.4. The lowest BCUT2D eigenvalue weighted by molar-refractivity contribution is -0.129. The molecule has 2 aromatic carbocycles. The van der Waals surface area contributed by atoms with E-state index in [2.05, 4.69) is 4.90 Å². The van der Waals surface area contributed by atoms with Crippen LogP contribution in [0.15, 0.2) is 64.3 Å². The molecule has 1 atom stereocenters. The molecule has 1 saturated heterocycles. The summed E-state index contributed by atoms with van der Waals surface area (Å²) in [6, 6.07) is 12.3. The number of hydrogen-bond donors (Lipinski definition) is 2. The Morgan fingerprint density at radius 3 is 2.60 bits per heavy atom. The number of ketones is 1. The van der Waals surface area contributed by atoms with Gasteiger partial charge < -0.3 is 29.0 Å². The van der Waals surface area contributed by atoms with Crippen LogP contribution in [0.2, 0.25) is 0 Å². The minimum atomic E-state index is -0.877. The number of aliphatic hydroxyl groups excluding tert-OH is 1. The SMILES string of the molecule is COc1cccc2cc(C(=O)C3=C(O)C(=O)N(CCN4CCOCC4)[C@H]3c3cccc(O)c3)oc12. The third kappa shape index (κ3) is 4.24. The number of para-hydroxylation sites is 1. The number of phenolic OH excluding ortho intramolecular Hbond substituents is 1. The fourth-order valence-corrected chi connectivity index (χ4v) is 4.67. The normalized spacial score (nSPS) is 19.1. The molecule has 0 aliphatic carbocycles. The number of ether oxygens (including phenoxy) is 2. The number of rotatable bonds is 7. The number of methoxy groups -OCH3 is 1. The summed E-state index contributed by atoms with van der Waals surface area (Å²) >= 11 is 0. The van der Waals surface area contributed by atoms with Gasteiger partial charge in [0.25, 0.3) is 5.91 Å². The van der Waals surface area contributed by atoms with E-state index in [1.165, 1.54) is 24.1 Å². The Hall–Kier alpha value is -3.82. The van der Waals surface area contributed by atoms with Crippen LogP contribution in [0.1, 0.15) is 22.2 Å². The molecule has 0 unspecified atom stereocenters. The molecule has 0 bridgehead atoms. The van der Waals surface area contributed by atoms with Gasteiger partial charge in [0.2, 0.25) is 5.78 Å². The molecule has 0 radical (unpaired) electrons. The second kappa shape index (κ2) is 9.44. The quantitative estimate of drug-likeness (QED) is 0.499. The lowest BCUT2D eigenvalue weighted by atomic mass is 9.95. The Morgan fingerprint density at radius 1 is 1.09 bits per heavy atom. The average Bonchev–Trinajstić information content (AvgIpc) is 3.42. The predicted octanol–water partition coefficient (Wildman–Crippen LogP) is 3.06. The lowest BCUT2D eigenvalue weighted by Crippen LogP contribution is -2.43. The van der Waals surface area contributed by atoms with Crippen LogP contribution < -0.4 is 4.74 Å². The van der Waals surface area contributed by atoms with Crippen molar-refractivity contribution in [3.05, 3.63) is 71.2 Å². The van der Waals surface area contributed by atoms with Gasteiger partial charge in [-0.1, -0.05) is 24.3 Å². The van der Waals surface area contributed by atoms with E-state index in [-0.39, 0.29) is 23.6 Å². The molecule has 9 heteroatoms.